The highest BCUT2D eigenvalue weighted by Crippen LogP contribution is 2.29. The molecule has 1 atom stereocenters. The first-order valence-electron chi connectivity index (χ1n) is 5.29. The van der Waals surface area contributed by atoms with Gasteiger partial charge in [-0.15, -0.1) is 3.89 Å². The van der Waals surface area contributed by atoms with Gasteiger partial charge in [0.15, 0.2) is 0 Å². The Bertz CT molecular complexity index is 575. The van der Waals surface area contributed by atoms with Crippen LogP contribution in [-0.4, -0.2) is 31.6 Å². The van der Waals surface area contributed by atoms with Gasteiger partial charge in [0.1, 0.15) is 0 Å². The summed E-state index contributed by atoms with van der Waals surface area (Å²) in [6.45, 7) is 0.137. The van der Waals surface area contributed by atoms with Gasteiger partial charge in [0.2, 0.25) is 5.91 Å². The zero-order valence-corrected chi connectivity index (χ0v) is 10.2. The number of carbonyl (C=O) groups excluding carboxylic acids is 1. The topological polar surface area (TPSA) is 93.4 Å². The van der Waals surface area contributed by atoms with Crippen LogP contribution in [0.3, 0.4) is 0 Å². The van der Waals surface area contributed by atoms with E-state index in [4.69, 9.17) is 5.73 Å². The molecular weight excluding hydrogens is 261 g/mol. The van der Waals surface area contributed by atoms with Crippen molar-refractivity contribution in [3.63, 3.8) is 0 Å². The Balaban J connectivity index is 2.18. The predicted octanol–water partition coefficient (Wildman–Crippen LogP) is 0.316. The molecule has 1 aliphatic rings. The Labute approximate surface area is 104 Å². The third-order valence-electron chi connectivity index (χ3n) is 2.76. The number of nitrogens with two attached hydrogens (primary N) is 1. The van der Waals surface area contributed by atoms with Crippen molar-refractivity contribution in [2.24, 2.45) is 5.92 Å². The van der Waals surface area contributed by atoms with Gasteiger partial charge < -0.3 is 10.6 Å². The zero-order valence-electron chi connectivity index (χ0n) is 9.41. The van der Waals surface area contributed by atoms with Crippen LogP contribution >= 0.6 is 0 Å². The summed E-state index contributed by atoms with van der Waals surface area (Å²) in [6.07, 6.45) is 2.92. The number of aromatic nitrogens is 1. The summed E-state index contributed by atoms with van der Waals surface area (Å²) >= 11 is 0. The molecule has 0 radical (unpaired) electrons. The van der Waals surface area contributed by atoms with E-state index in [1.54, 1.807) is 6.07 Å². The van der Waals surface area contributed by atoms with Crippen LogP contribution in [0.2, 0.25) is 0 Å². The lowest BCUT2D eigenvalue weighted by Gasteiger charge is -2.17. The molecule has 98 valence electrons. The van der Waals surface area contributed by atoms with E-state index in [2.05, 4.69) is 4.98 Å². The number of halogens is 1. The Morgan fingerprint density at radius 1 is 1.56 bits per heavy atom. The Hall–Kier alpha value is -1.70. The van der Waals surface area contributed by atoms with Gasteiger partial charge >= 0.3 is 10.2 Å². The first-order valence-corrected chi connectivity index (χ1v) is 6.84. The minimum Gasteiger partial charge on any atom is -0.397 e. The Morgan fingerprint density at radius 3 is 2.89 bits per heavy atom. The second-order valence-corrected chi connectivity index (χ2v) is 5.63. The number of anilines is 2. The van der Waals surface area contributed by atoms with Gasteiger partial charge in [-0.1, -0.05) is 0 Å². The molecule has 8 heteroatoms. The molecule has 1 saturated heterocycles. The van der Waals surface area contributed by atoms with E-state index in [9.17, 15) is 17.1 Å². The van der Waals surface area contributed by atoms with E-state index >= 15 is 0 Å². The summed E-state index contributed by atoms with van der Waals surface area (Å²) in [6, 6.07) is 1.54. The fourth-order valence-corrected chi connectivity index (χ4v) is 2.82. The van der Waals surface area contributed by atoms with Crippen LogP contribution in [0.15, 0.2) is 18.5 Å². The second kappa shape index (κ2) is 4.52. The van der Waals surface area contributed by atoms with Gasteiger partial charge in [-0.05, 0) is 6.07 Å². The molecule has 1 amide bonds. The number of pyridine rings is 1. The highest BCUT2D eigenvalue weighted by atomic mass is 32.3. The predicted molar refractivity (Wildman–Crippen MR) is 64.0 cm³/mol. The lowest BCUT2D eigenvalue weighted by atomic mass is 10.1. The number of hydrogen-bond acceptors (Lipinski definition) is 5. The molecule has 0 saturated carbocycles. The fraction of sp³-hybridized carbons (Fsp3) is 0.400. The van der Waals surface area contributed by atoms with E-state index in [1.807, 2.05) is 0 Å². The third kappa shape index (κ3) is 2.76. The number of nitrogen functional groups attached to an aromatic ring is 1. The molecule has 1 aromatic rings. The fourth-order valence-electron chi connectivity index (χ4n) is 2.03. The largest absolute Gasteiger partial charge is 0.397 e. The van der Waals surface area contributed by atoms with E-state index in [0.29, 0.717) is 11.4 Å². The quantitative estimate of drug-likeness (QED) is 0.800. The molecular formula is C10H12FN3O3S. The van der Waals surface area contributed by atoms with Crippen LogP contribution in [0.25, 0.3) is 0 Å². The maximum atomic E-state index is 12.6. The van der Waals surface area contributed by atoms with Gasteiger partial charge in [-0.3, -0.25) is 9.78 Å². The summed E-state index contributed by atoms with van der Waals surface area (Å²) in [5, 5.41) is 0. The number of hydrogen-bond donors (Lipinski definition) is 1. The number of nitrogens with zero attached hydrogens (tertiary/aromatic N) is 2. The number of carbonyl (C=O) groups is 1. The lowest BCUT2D eigenvalue weighted by Crippen LogP contribution is -2.26. The minimum absolute atomic E-state index is 0.00250. The molecule has 2 N–H and O–H groups in total. The SMILES string of the molecule is Nc1ccncc1N1CC(CS(=O)(=O)F)CC1=O. The van der Waals surface area contributed by atoms with E-state index in [1.165, 1.54) is 17.3 Å². The van der Waals surface area contributed by atoms with Crippen LogP contribution in [0.1, 0.15) is 6.42 Å². The van der Waals surface area contributed by atoms with Crippen LogP contribution in [-0.2, 0) is 15.0 Å². The standard InChI is InChI=1S/C10H12FN3O3S/c11-18(16,17)6-7-3-10(15)14(5-7)9-4-13-2-1-8(9)12/h1-2,4,7H,3,5-6H2,(H2,12,13). The normalized spacial score (nSPS) is 20.4. The summed E-state index contributed by atoms with van der Waals surface area (Å²) in [7, 11) is -4.57. The molecule has 0 aliphatic carbocycles. The average Bonchev–Trinajstić information content (AvgIpc) is 2.57. The summed E-state index contributed by atoms with van der Waals surface area (Å²) < 4.78 is 33.7. The number of rotatable bonds is 3. The molecule has 1 unspecified atom stereocenters. The van der Waals surface area contributed by atoms with Crippen molar-refractivity contribution in [2.75, 3.05) is 22.9 Å². The second-order valence-electron chi connectivity index (χ2n) is 4.21. The molecule has 1 aliphatic heterocycles. The Morgan fingerprint density at radius 2 is 2.28 bits per heavy atom. The molecule has 2 rings (SSSR count). The summed E-state index contributed by atoms with van der Waals surface area (Å²) in [5.74, 6) is -1.47. The highest BCUT2D eigenvalue weighted by molar-refractivity contribution is 7.86. The molecule has 6 nitrogen and oxygen atoms in total. The minimum atomic E-state index is -4.57. The average molecular weight is 273 g/mol. The van der Waals surface area contributed by atoms with Crippen molar-refractivity contribution >= 4 is 27.5 Å². The maximum absolute atomic E-state index is 12.6. The van der Waals surface area contributed by atoms with Crippen LogP contribution in [0.5, 0.6) is 0 Å². The smallest absolute Gasteiger partial charge is 0.302 e. The molecule has 0 aromatic carbocycles. The molecule has 1 aromatic heterocycles. The van der Waals surface area contributed by atoms with Gasteiger partial charge in [0, 0.05) is 25.1 Å². The highest BCUT2D eigenvalue weighted by Gasteiger charge is 2.34. The number of amides is 1. The summed E-state index contributed by atoms with van der Waals surface area (Å²) in [5.41, 5.74) is 6.52. The Kier molecular flexibility index (Phi) is 3.20. The molecule has 1 fully saturated rings. The van der Waals surface area contributed by atoms with Crippen molar-refractivity contribution in [3.05, 3.63) is 18.5 Å². The van der Waals surface area contributed by atoms with Crippen LogP contribution < -0.4 is 10.6 Å². The van der Waals surface area contributed by atoms with E-state index in [-0.39, 0.29) is 18.9 Å². The third-order valence-corrected chi connectivity index (χ3v) is 3.63. The molecule has 0 spiro atoms. The maximum Gasteiger partial charge on any atom is 0.302 e. The van der Waals surface area contributed by atoms with Crippen molar-refractivity contribution in [2.45, 2.75) is 6.42 Å². The first-order chi connectivity index (χ1) is 8.37. The van der Waals surface area contributed by atoms with Crippen LogP contribution in [0, 0.1) is 5.92 Å². The van der Waals surface area contributed by atoms with Crippen molar-refractivity contribution in [1.82, 2.24) is 4.98 Å². The van der Waals surface area contributed by atoms with Crippen molar-refractivity contribution in [1.29, 1.82) is 0 Å². The monoisotopic (exact) mass is 273 g/mol. The lowest BCUT2D eigenvalue weighted by molar-refractivity contribution is -0.117. The first kappa shape index (κ1) is 12.7. The van der Waals surface area contributed by atoms with Gasteiger partial charge in [0.25, 0.3) is 0 Å². The zero-order chi connectivity index (χ0) is 13.3. The van der Waals surface area contributed by atoms with Crippen LogP contribution in [0.4, 0.5) is 15.3 Å². The van der Waals surface area contributed by atoms with Crippen molar-refractivity contribution in [3.8, 4) is 0 Å². The molecule has 0 bridgehead atoms. The van der Waals surface area contributed by atoms with E-state index in [0.717, 1.165) is 0 Å². The molecule has 2 heterocycles. The van der Waals surface area contributed by atoms with Gasteiger partial charge in [0.05, 0.1) is 23.3 Å². The van der Waals surface area contributed by atoms with E-state index < -0.39 is 21.9 Å². The van der Waals surface area contributed by atoms with Gasteiger partial charge in [-0.2, -0.15) is 8.42 Å². The summed E-state index contributed by atoms with van der Waals surface area (Å²) in [4.78, 5) is 17.0. The molecule has 18 heavy (non-hydrogen) atoms. The van der Waals surface area contributed by atoms with Crippen molar-refractivity contribution < 1.29 is 17.1 Å². The van der Waals surface area contributed by atoms with Gasteiger partial charge in [-0.25, -0.2) is 0 Å².